The number of carbonyl (C=O) groups excluding carboxylic acids is 1. The summed E-state index contributed by atoms with van der Waals surface area (Å²) in [7, 11) is 0. The third-order valence-electron chi connectivity index (χ3n) is 6.57. The minimum Gasteiger partial charge on any atom is -0.356 e. The van der Waals surface area contributed by atoms with Crippen LogP contribution in [0.5, 0.6) is 0 Å². The maximum absolute atomic E-state index is 12.8. The molecule has 170 valence electrons. The number of likely N-dealkylation sites (tertiary alicyclic amines) is 1. The molecular weight excluding hydrogens is 412 g/mol. The van der Waals surface area contributed by atoms with Gasteiger partial charge in [0.05, 0.1) is 5.92 Å². The van der Waals surface area contributed by atoms with E-state index in [0.717, 1.165) is 50.1 Å². The van der Waals surface area contributed by atoms with Crippen LogP contribution in [0.1, 0.15) is 57.6 Å². The van der Waals surface area contributed by atoms with Gasteiger partial charge in [0.15, 0.2) is 0 Å². The largest absolute Gasteiger partial charge is 0.356 e. The minimum atomic E-state index is -0.157. The van der Waals surface area contributed by atoms with Gasteiger partial charge in [-0.25, -0.2) is 4.98 Å². The van der Waals surface area contributed by atoms with E-state index in [1.807, 2.05) is 6.92 Å². The lowest BCUT2D eigenvalue weighted by Gasteiger charge is -2.35. The molecule has 1 amide bonds. The fourth-order valence-corrected chi connectivity index (χ4v) is 5.85. The molecule has 2 aliphatic rings. The minimum absolute atomic E-state index is 0.0365. The molecule has 0 bridgehead atoms. The van der Waals surface area contributed by atoms with Crippen LogP contribution in [-0.2, 0) is 4.79 Å². The summed E-state index contributed by atoms with van der Waals surface area (Å²) in [5.74, 6) is 0.105. The lowest BCUT2D eigenvalue weighted by Crippen LogP contribution is -2.44. The van der Waals surface area contributed by atoms with Crippen LogP contribution >= 0.6 is 11.3 Å². The number of piperidine rings is 2. The van der Waals surface area contributed by atoms with Crippen LogP contribution in [0.2, 0.25) is 0 Å². The number of hydrogen-bond acceptors (Lipinski definition) is 7. The summed E-state index contributed by atoms with van der Waals surface area (Å²) in [5.41, 5.74) is 0.543. The number of nitrogens with one attached hydrogen (secondary N) is 1. The second kappa shape index (κ2) is 10.1. The number of rotatable bonds is 7. The van der Waals surface area contributed by atoms with Crippen LogP contribution in [0.3, 0.4) is 0 Å². The molecule has 0 unspecified atom stereocenters. The average molecular weight is 447 g/mol. The third-order valence-corrected chi connectivity index (χ3v) is 7.54. The highest BCUT2D eigenvalue weighted by molar-refractivity contribution is 7.20. The van der Waals surface area contributed by atoms with E-state index in [1.54, 1.807) is 0 Å². The first-order valence-electron chi connectivity index (χ1n) is 11.7. The van der Waals surface area contributed by atoms with Crippen LogP contribution in [0.25, 0.3) is 4.96 Å². The summed E-state index contributed by atoms with van der Waals surface area (Å²) in [4.78, 5) is 34.7. The third kappa shape index (κ3) is 5.26. The first kappa shape index (κ1) is 22.2. The molecule has 0 aliphatic carbocycles. The monoisotopic (exact) mass is 446 g/mol. The molecule has 4 heterocycles. The van der Waals surface area contributed by atoms with Crippen LogP contribution in [0.15, 0.2) is 10.9 Å². The topological polar surface area (TPSA) is 82.8 Å². The van der Waals surface area contributed by atoms with E-state index in [0.29, 0.717) is 17.2 Å². The second-order valence-electron chi connectivity index (χ2n) is 8.84. The fourth-order valence-electron chi connectivity index (χ4n) is 4.86. The first-order chi connectivity index (χ1) is 15.0. The molecule has 2 fully saturated rings. The molecule has 0 saturated carbocycles. The van der Waals surface area contributed by atoms with Gasteiger partial charge in [0.1, 0.15) is 0 Å². The van der Waals surface area contributed by atoms with E-state index in [9.17, 15) is 9.59 Å². The number of aromatic nitrogens is 3. The van der Waals surface area contributed by atoms with Gasteiger partial charge in [-0.05, 0) is 52.0 Å². The molecule has 4 rings (SSSR count). The van der Waals surface area contributed by atoms with Gasteiger partial charge >= 0.3 is 0 Å². The van der Waals surface area contributed by atoms with Crippen LogP contribution in [0, 0.1) is 12.8 Å². The highest BCUT2D eigenvalue weighted by atomic mass is 32.1. The SMILES string of the molecule is CC[C@H]1CCCCN1CCCNC(=O)[C@@H]1CCCN(c2nn3c(=O)cc(C)nc3s2)C1. The van der Waals surface area contributed by atoms with E-state index in [4.69, 9.17) is 0 Å². The summed E-state index contributed by atoms with van der Waals surface area (Å²) < 4.78 is 1.36. The molecular formula is C22H34N6O2S. The van der Waals surface area contributed by atoms with Crippen molar-refractivity contribution in [3.8, 4) is 0 Å². The lowest BCUT2D eigenvalue weighted by atomic mass is 9.97. The number of nitrogens with zero attached hydrogens (tertiary/aromatic N) is 5. The molecule has 8 nitrogen and oxygen atoms in total. The van der Waals surface area contributed by atoms with E-state index >= 15 is 0 Å². The van der Waals surface area contributed by atoms with Crippen molar-refractivity contribution < 1.29 is 4.79 Å². The van der Waals surface area contributed by atoms with Gasteiger partial charge in [-0.2, -0.15) is 4.52 Å². The van der Waals surface area contributed by atoms with E-state index < -0.39 is 0 Å². The normalized spacial score (nSPS) is 22.7. The Hall–Kier alpha value is -2.00. The fraction of sp³-hybridized carbons (Fsp3) is 0.727. The van der Waals surface area contributed by atoms with Crippen molar-refractivity contribution in [3.05, 3.63) is 22.1 Å². The number of carbonyl (C=O) groups is 1. The van der Waals surface area contributed by atoms with Crippen molar-refractivity contribution in [2.45, 2.75) is 64.8 Å². The highest BCUT2D eigenvalue weighted by Crippen LogP contribution is 2.27. The summed E-state index contributed by atoms with van der Waals surface area (Å²) in [6.45, 7) is 8.59. The summed E-state index contributed by atoms with van der Waals surface area (Å²) in [6.07, 6.45) is 8.03. The van der Waals surface area contributed by atoms with Crippen molar-refractivity contribution >= 4 is 27.3 Å². The van der Waals surface area contributed by atoms with E-state index in [1.165, 1.54) is 54.1 Å². The zero-order valence-corrected chi connectivity index (χ0v) is 19.5. The molecule has 0 spiro atoms. The van der Waals surface area contributed by atoms with Gasteiger partial charge in [0.25, 0.3) is 5.56 Å². The quantitative estimate of drug-likeness (QED) is 0.658. The van der Waals surface area contributed by atoms with Gasteiger partial charge in [-0.1, -0.05) is 24.7 Å². The number of aryl methyl sites for hydroxylation is 1. The smallest absolute Gasteiger partial charge is 0.275 e. The molecule has 31 heavy (non-hydrogen) atoms. The Morgan fingerprint density at radius 3 is 2.97 bits per heavy atom. The van der Waals surface area contributed by atoms with Gasteiger partial charge in [-0.3, -0.25) is 9.59 Å². The molecule has 2 aromatic rings. The van der Waals surface area contributed by atoms with Crippen molar-refractivity contribution in [1.82, 2.24) is 24.8 Å². The molecule has 2 aromatic heterocycles. The maximum atomic E-state index is 12.8. The van der Waals surface area contributed by atoms with Crippen molar-refractivity contribution in [1.29, 1.82) is 0 Å². The average Bonchev–Trinajstić information content (AvgIpc) is 3.21. The van der Waals surface area contributed by atoms with E-state index in [-0.39, 0.29) is 17.4 Å². The number of amides is 1. The van der Waals surface area contributed by atoms with Crippen molar-refractivity contribution in [3.63, 3.8) is 0 Å². The lowest BCUT2D eigenvalue weighted by molar-refractivity contribution is -0.125. The van der Waals surface area contributed by atoms with Gasteiger partial charge in [-0.15, -0.1) is 5.10 Å². The molecule has 0 aromatic carbocycles. The molecule has 1 N–H and O–H groups in total. The van der Waals surface area contributed by atoms with E-state index in [2.05, 4.69) is 32.1 Å². The second-order valence-corrected chi connectivity index (χ2v) is 9.77. The molecule has 2 aliphatic heterocycles. The predicted octanol–water partition coefficient (Wildman–Crippen LogP) is 2.45. The summed E-state index contributed by atoms with van der Waals surface area (Å²) in [6, 6.07) is 2.21. The Bertz CT molecular complexity index is 957. The first-order valence-corrected chi connectivity index (χ1v) is 12.5. The van der Waals surface area contributed by atoms with Crippen LogP contribution < -0.4 is 15.8 Å². The Morgan fingerprint density at radius 1 is 1.26 bits per heavy atom. The molecule has 0 radical (unpaired) electrons. The Balaban J connectivity index is 1.29. The zero-order valence-electron chi connectivity index (χ0n) is 18.7. The molecule has 9 heteroatoms. The Morgan fingerprint density at radius 2 is 2.13 bits per heavy atom. The Kier molecular flexibility index (Phi) is 7.22. The Labute approximate surface area is 187 Å². The number of hydrogen-bond donors (Lipinski definition) is 1. The summed E-state index contributed by atoms with van der Waals surface area (Å²) in [5, 5.41) is 8.39. The zero-order chi connectivity index (χ0) is 21.8. The number of fused-ring (bicyclic) bond motifs is 1. The molecule has 2 atom stereocenters. The van der Waals surface area contributed by atoms with Gasteiger partial charge < -0.3 is 15.1 Å². The maximum Gasteiger partial charge on any atom is 0.275 e. The molecule has 2 saturated heterocycles. The summed E-state index contributed by atoms with van der Waals surface area (Å²) >= 11 is 1.41. The highest BCUT2D eigenvalue weighted by Gasteiger charge is 2.28. The number of anilines is 1. The van der Waals surface area contributed by atoms with Crippen molar-refractivity contribution in [2.75, 3.05) is 37.6 Å². The van der Waals surface area contributed by atoms with Gasteiger partial charge in [0, 0.05) is 44.0 Å². The predicted molar refractivity (Wildman–Crippen MR) is 124 cm³/mol. The van der Waals surface area contributed by atoms with Crippen LogP contribution in [0.4, 0.5) is 5.13 Å². The van der Waals surface area contributed by atoms with Crippen LogP contribution in [-0.4, -0.2) is 64.2 Å². The standard InChI is InChI=1S/C22H34N6O2S/c1-3-18-9-4-5-11-26(18)13-7-10-23-20(30)17-8-6-12-27(15-17)22-25-28-19(29)14-16(2)24-21(28)31-22/h14,17-18H,3-13,15H2,1-2H3,(H,23,30)/t17-,18+/m1/s1. The van der Waals surface area contributed by atoms with Gasteiger partial charge in [0.2, 0.25) is 16.0 Å². The van der Waals surface area contributed by atoms with Crippen molar-refractivity contribution in [2.24, 2.45) is 5.92 Å².